The summed E-state index contributed by atoms with van der Waals surface area (Å²) in [5.41, 5.74) is 1.18. The summed E-state index contributed by atoms with van der Waals surface area (Å²) in [6.07, 6.45) is 0.728. The predicted octanol–water partition coefficient (Wildman–Crippen LogP) is 5.37. The highest BCUT2D eigenvalue weighted by Crippen LogP contribution is 2.38. The maximum absolute atomic E-state index is 13.7. The number of carboxylic acid groups (broad SMARTS) is 1. The van der Waals surface area contributed by atoms with E-state index < -0.39 is 11.6 Å². The summed E-state index contributed by atoms with van der Waals surface area (Å²) in [5, 5.41) is 21.3. The number of methoxy groups -OCH3 is 1. The third-order valence-corrected chi connectivity index (χ3v) is 8.82. The van der Waals surface area contributed by atoms with Crippen LogP contribution in [-0.4, -0.2) is 55.8 Å². The summed E-state index contributed by atoms with van der Waals surface area (Å²) < 4.78 is 12.3. The van der Waals surface area contributed by atoms with Gasteiger partial charge in [0.1, 0.15) is 16.2 Å². The van der Waals surface area contributed by atoms with Crippen LogP contribution in [0.2, 0.25) is 0 Å². The molecule has 4 aromatic rings. The number of aryl methyl sites for hydroxylation is 1. The fourth-order valence-corrected chi connectivity index (χ4v) is 6.30. The number of pyridine rings is 1. The number of thiazole rings is 1. The van der Waals surface area contributed by atoms with Crippen LogP contribution in [0.25, 0.3) is 11.5 Å². The number of nitrogens with zero attached hydrogens (tertiary/aromatic N) is 5. The van der Waals surface area contributed by atoms with Crippen LogP contribution in [0.15, 0.2) is 50.7 Å². The van der Waals surface area contributed by atoms with Gasteiger partial charge in [-0.2, -0.15) is 0 Å². The van der Waals surface area contributed by atoms with Crippen molar-refractivity contribution in [3.63, 3.8) is 0 Å². The number of halogens is 1. The Morgan fingerprint density at radius 1 is 1.25 bits per heavy atom. The Morgan fingerprint density at radius 2 is 2.02 bits per heavy atom. The molecule has 1 aromatic carbocycles. The highest BCUT2D eigenvalue weighted by molar-refractivity contribution is 9.11. The molecule has 0 unspecified atom stereocenters. The fraction of sp³-hybridized carbons (Fsp3) is 0.333. The Kier molecular flexibility index (Phi) is 7.86. The highest BCUT2D eigenvalue weighted by Gasteiger charge is 2.36. The molecule has 0 radical (unpaired) electrons. The van der Waals surface area contributed by atoms with Crippen molar-refractivity contribution in [2.24, 2.45) is 0 Å². The summed E-state index contributed by atoms with van der Waals surface area (Å²) in [7, 11) is 1.46. The van der Waals surface area contributed by atoms with Crippen molar-refractivity contribution in [2.45, 2.75) is 44.7 Å². The summed E-state index contributed by atoms with van der Waals surface area (Å²) in [4.78, 5) is 36.2. The topological polar surface area (TPSA) is 144 Å². The second kappa shape index (κ2) is 11.3. The number of carbonyl (C=O) groups excluding carboxylic acids is 1. The van der Waals surface area contributed by atoms with Gasteiger partial charge in [0.2, 0.25) is 17.7 Å². The lowest BCUT2D eigenvalue weighted by atomic mass is 9.93. The molecule has 2 atom stereocenters. The van der Waals surface area contributed by atoms with E-state index in [0.29, 0.717) is 12.1 Å². The quantitative estimate of drug-likeness (QED) is 0.264. The molecular weight excluding hydrogens is 600 g/mol. The third-order valence-electron chi connectivity index (χ3n) is 6.71. The number of benzene rings is 1. The summed E-state index contributed by atoms with van der Waals surface area (Å²) >= 11 is 5.06. The Morgan fingerprint density at radius 3 is 2.70 bits per heavy atom. The second-order valence-electron chi connectivity index (χ2n) is 9.69. The van der Waals surface area contributed by atoms with Gasteiger partial charge in [-0.25, -0.2) is 14.8 Å². The number of amides is 2. The highest BCUT2D eigenvalue weighted by atomic mass is 79.9. The van der Waals surface area contributed by atoms with Gasteiger partial charge in [0.05, 0.1) is 22.6 Å². The minimum absolute atomic E-state index is 0.0849. The van der Waals surface area contributed by atoms with Crippen LogP contribution in [0.5, 0.6) is 5.88 Å². The van der Waals surface area contributed by atoms with Gasteiger partial charge in [0, 0.05) is 24.6 Å². The Labute approximate surface area is 242 Å². The number of ether oxygens (including phenoxy) is 1. The fourth-order valence-electron chi connectivity index (χ4n) is 4.77. The summed E-state index contributed by atoms with van der Waals surface area (Å²) in [6.45, 7) is 4.19. The van der Waals surface area contributed by atoms with E-state index in [1.807, 2.05) is 37.3 Å². The molecule has 11 nitrogen and oxygen atoms in total. The average Bonchev–Trinajstić information content (AvgIpc) is 3.69. The number of nitrogens with one attached hydrogen (secondary N) is 1. The van der Waals surface area contributed by atoms with E-state index in [0.717, 1.165) is 32.9 Å². The normalized spacial score (nSPS) is 16.5. The van der Waals surface area contributed by atoms with Gasteiger partial charge < -0.3 is 24.5 Å². The van der Waals surface area contributed by atoms with E-state index in [1.54, 1.807) is 24.0 Å². The maximum atomic E-state index is 13.7. The van der Waals surface area contributed by atoms with Crippen molar-refractivity contribution in [1.82, 2.24) is 30.4 Å². The number of hydrogen-bond donors (Lipinski definition) is 2. The van der Waals surface area contributed by atoms with E-state index in [-0.39, 0.29) is 41.7 Å². The van der Waals surface area contributed by atoms with Crippen LogP contribution >= 0.6 is 27.3 Å². The molecule has 2 amide bonds. The van der Waals surface area contributed by atoms with Gasteiger partial charge in [-0.05, 0) is 54.2 Å². The van der Waals surface area contributed by atoms with Gasteiger partial charge in [0.25, 0.3) is 5.91 Å². The molecule has 0 aliphatic carbocycles. The lowest BCUT2D eigenvalue weighted by Crippen LogP contribution is -2.44. The zero-order valence-corrected chi connectivity index (χ0v) is 24.5. The minimum atomic E-state index is -1.22. The zero-order valence-electron chi connectivity index (χ0n) is 22.0. The van der Waals surface area contributed by atoms with Crippen molar-refractivity contribution in [3.05, 3.63) is 74.1 Å². The van der Waals surface area contributed by atoms with Gasteiger partial charge in [-0.1, -0.05) is 30.3 Å². The molecule has 0 bridgehead atoms. The first kappa shape index (κ1) is 27.7. The number of rotatable bonds is 8. The first-order valence-corrected chi connectivity index (χ1v) is 14.2. The standard InChI is InChI=1S/C27H27BrN6O5S/c1-15-21(28)40-23(29-15)19-10-7-11-34(19)24(35)18-12-17(13-20(30-18)38-3)22-32-33-25(39-22)27(2,31-26(36)37)14-16-8-5-4-6-9-16/h4-6,8-9,12-13,19,31H,7,10-11,14H2,1-3H3,(H,36,37)/t19-,27-/m1/s1. The maximum Gasteiger partial charge on any atom is 0.405 e. The van der Waals surface area contributed by atoms with Crippen molar-refractivity contribution in [3.8, 4) is 17.3 Å². The molecule has 0 spiro atoms. The molecule has 1 fully saturated rings. The lowest BCUT2D eigenvalue weighted by Gasteiger charge is -2.25. The summed E-state index contributed by atoms with van der Waals surface area (Å²) in [5.74, 6) is 0.142. The largest absolute Gasteiger partial charge is 0.481 e. The number of carbonyl (C=O) groups is 2. The molecule has 40 heavy (non-hydrogen) atoms. The van der Waals surface area contributed by atoms with Crippen LogP contribution < -0.4 is 10.1 Å². The Balaban J connectivity index is 1.46. The van der Waals surface area contributed by atoms with E-state index in [1.165, 1.54) is 18.4 Å². The minimum Gasteiger partial charge on any atom is -0.481 e. The smallest absolute Gasteiger partial charge is 0.405 e. The van der Waals surface area contributed by atoms with E-state index >= 15 is 0 Å². The van der Waals surface area contributed by atoms with Crippen molar-refractivity contribution in [2.75, 3.05) is 13.7 Å². The van der Waals surface area contributed by atoms with Crippen LogP contribution in [0.4, 0.5) is 4.79 Å². The van der Waals surface area contributed by atoms with Gasteiger partial charge in [-0.3, -0.25) is 4.79 Å². The molecule has 3 aromatic heterocycles. The lowest BCUT2D eigenvalue weighted by molar-refractivity contribution is 0.0728. The molecule has 1 aliphatic heterocycles. The first-order valence-electron chi connectivity index (χ1n) is 12.6. The molecule has 208 valence electrons. The van der Waals surface area contributed by atoms with Gasteiger partial charge in [0.15, 0.2) is 0 Å². The molecule has 0 saturated carbocycles. The predicted molar refractivity (Wildman–Crippen MR) is 150 cm³/mol. The third kappa shape index (κ3) is 5.70. The van der Waals surface area contributed by atoms with Crippen molar-refractivity contribution >= 4 is 39.3 Å². The summed E-state index contributed by atoms with van der Waals surface area (Å²) in [6, 6.07) is 12.4. The molecule has 13 heteroatoms. The Bertz CT molecular complexity index is 1520. The molecule has 1 saturated heterocycles. The van der Waals surface area contributed by atoms with E-state index in [2.05, 4.69) is 41.4 Å². The van der Waals surface area contributed by atoms with Crippen molar-refractivity contribution < 1.29 is 23.8 Å². The average molecular weight is 628 g/mol. The van der Waals surface area contributed by atoms with E-state index in [4.69, 9.17) is 9.15 Å². The molecule has 2 N–H and O–H groups in total. The van der Waals surface area contributed by atoms with Crippen LogP contribution in [0, 0.1) is 6.92 Å². The van der Waals surface area contributed by atoms with Crippen LogP contribution in [0.3, 0.4) is 0 Å². The zero-order chi connectivity index (χ0) is 28.4. The van der Waals surface area contributed by atoms with Crippen LogP contribution in [-0.2, 0) is 12.0 Å². The first-order chi connectivity index (χ1) is 19.2. The number of likely N-dealkylation sites (tertiary alicyclic amines) is 1. The second-order valence-corrected chi connectivity index (χ2v) is 12.0. The molecule has 1 aliphatic rings. The van der Waals surface area contributed by atoms with Crippen molar-refractivity contribution in [1.29, 1.82) is 0 Å². The Hall–Kier alpha value is -3.84. The van der Waals surface area contributed by atoms with Gasteiger partial charge >= 0.3 is 6.09 Å². The monoisotopic (exact) mass is 626 g/mol. The molecule has 5 rings (SSSR count). The van der Waals surface area contributed by atoms with Gasteiger partial charge in [-0.15, -0.1) is 21.5 Å². The number of hydrogen-bond acceptors (Lipinski definition) is 9. The van der Waals surface area contributed by atoms with E-state index in [9.17, 15) is 14.7 Å². The molecule has 4 heterocycles. The molecular formula is C27H27BrN6O5S. The van der Waals surface area contributed by atoms with Crippen LogP contribution in [0.1, 0.15) is 58.5 Å². The number of aromatic nitrogens is 4. The SMILES string of the molecule is COc1cc(-c2nnc([C@@](C)(Cc3ccccc3)NC(=O)O)o2)cc(C(=O)N2CCC[C@@H]2c2nc(C)c(Br)s2)n1.